The third-order valence-corrected chi connectivity index (χ3v) is 3.64. The molecule has 6 heteroatoms. The van der Waals surface area contributed by atoms with E-state index in [9.17, 15) is 9.50 Å². The van der Waals surface area contributed by atoms with Gasteiger partial charge in [0, 0.05) is 11.6 Å². The van der Waals surface area contributed by atoms with Crippen LogP contribution in [0.3, 0.4) is 0 Å². The highest BCUT2D eigenvalue weighted by Gasteiger charge is 2.29. The average Bonchev–Trinajstić information content (AvgIpc) is 3.12. The maximum absolute atomic E-state index is 13.5. The van der Waals surface area contributed by atoms with Crippen molar-refractivity contribution in [3.63, 3.8) is 0 Å². The van der Waals surface area contributed by atoms with Crippen molar-refractivity contribution in [1.29, 1.82) is 0 Å². The van der Waals surface area contributed by atoms with Crippen molar-refractivity contribution in [2.75, 3.05) is 0 Å². The van der Waals surface area contributed by atoms with Gasteiger partial charge in [0.15, 0.2) is 11.6 Å². The summed E-state index contributed by atoms with van der Waals surface area (Å²) in [5.41, 5.74) is 0.676. The van der Waals surface area contributed by atoms with Crippen LogP contribution < -0.4 is 0 Å². The van der Waals surface area contributed by atoms with Gasteiger partial charge in [-0.2, -0.15) is 0 Å². The van der Waals surface area contributed by atoms with E-state index < -0.39 is 0 Å². The molecule has 0 atom stereocenters. The van der Waals surface area contributed by atoms with Crippen LogP contribution in [0.15, 0.2) is 22.7 Å². The fourth-order valence-electron chi connectivity index (χ4n) is 1.98. The predicted octanol–water partition coefficient (Wildman–Crippen LogP) is 2.67. The van der Waals surface area contributed by atoms with Crippen molar-refractivity contribution >= 4 is 15.9 Å². The molecule has 2 aromatic rings. The standard InChI is InChI=1S/C12H11BrFN3O/c13-9-4-1-7(5-10(9)14)12-16-15-11(6-18)17(12)8-2-3-8/h1,4-5,8,18H,2-3,6H2. The van der Waals surface area contributed by atoms with Crippen molar-refractivity contribution in [2.45, 2.75) is 25.5 Å². The molecule has 0 bridgehead atoms. The van der Waals surface area contributed by atoms with Crippen LogP contribution >= 0.6 is 15.9 Å². The fourth-order valence-corrected chi connectivity index (χ4v) is 2.23. The summed E-state index contributed by atoms with van der Waals surface area (Å²) in [4.78, 5) is 0. The van der Waals surface area contributed by atoms with E-state index in [1.165, 1.54) is 6.07 Å². The molecule has 1 fully saturated rings. The van der Waals surface area contributed by atoms with Crippen LogP contribution in [0.25, 0.3) is 11.4 Å². The monoisotopic (exact) mass is 311 g/mol. The zero-order valence-electron chi connectivity index (χ0n) is 9.48. The summed E-state index contributed by atoms with van der Waals surface area (Å²) in [5, 5.41) is 17.3. The number of halogens is 2. The highest BCUT2D eigenvalue weighted by atomic mass is 79.9. The van der Waals surface area contributed by atoms with Gasteiger partial charge in [-0.25, -0.2) is 4.39 Å². The normalized spacial score (nSPS) is 15.1. The van der Waals surface area contributed by atoms with Gasteiger partial charge in [0.25, 0.3) is 0 Å². The Kier molecular flexibility index (Phi) is 2.91. The van der Waals surface area contributed by atoms with E-state index in [2.05, 4.69) is 26.1 Å². The molecule has 1 aliphatic rings. The van der Waals surface area contributed by atoms with Crippen molar-refractivity contribution in [3.8, 4) is 11.4 Å². The van der Waals surface area contributed by atoms with Crippen LogP contribution in [-0.2, 0) is 6.61 Å². The van der Waals surface area contributed by atoms with E-state index in [1.54, 1.807) is 12.1 Å². The molecule has 0 amide bonds. The summed E-state index contributed by atoms with van der Waals surface area (Å²) in [5.74, 6) is 0.826. The van der Waals surface area contributed by atoms with Crippen molar-refractivity contribution in [3.05, 3.63) is 34.3 Å². The summed E-state index contributed by atoms with van der Waals surface area (Å²) in [6.45, 7) is -0.150. The van der Waals surface area contributed by atoms with Crippen molar-refractivity contribution in [2.24, 2.45) is 0 Å². The third kappa shape index (κ3) is 1.95. The van der Waals surface area contributed by atoms with E-state index in [4.69, 9.17) is 0 Å². The number of nitrogens with zero attached hydrogens (tertiary/aromatic N) is 3. The van der Waals surface area contributed by atoms with Gasteiger partial charge in [0.2, 0.25) is 0 Å². The molecule has 0 spiro atoms. The smallest absolute Gasteiger partial charge is 0.164 e. The highest BCUT2D eigenvalue weighted by Crippen LogP contribution is 2.39. The quantitative estimate of drug-likeness (QED) is 0.948. The Bertz CT molecular complexity index is 595. The molecular weight excluding hydrogens is 301 g/mol. The maximum atomic E-state index is 13.5. The van der Waals surface area contributed by atoms with Gasteiger partial charge in [0.05, 0.1) is 4.47 Å². The Morgan fingerprint density at radius 3 is 2.78 bits per heavy atom. The molecule has 0 aliphatic heterocycles. The molecule has 4 nitrogen and oxygen atoms in total. The lowest BCUT2D eigenvalue weighted by atomic mass is 10.2. The molecule has 94 valence electrons. The van der Waals surface area contributed by atoms with Crippen LogP contribution in [0.5, 0.6) is 0 Å². The zero-order valence-corrected chi connectivity index (χ0v) is 11.1. The first-order valence-electron chi connectivity index (χ1n) is 5.70. The van der Waals surface area contributed by atoms with Crippen LogP contribution in [0.1, 0.15) is 24.7 Å². The summed E-state index contributed by atoms with van der Waals surface area (Å²) in [6.07, 6.45) is 2.11. The van der Waals surface area contributed by atoms with Gasteiger partial charge in [-0.1, -0.05) is 0 Å². The Morgan fingerprint density at radius 2 is 2.17 bits per heavy atom. The number of aliphatic hydroxyl groups is 1. The van der Waals surface area contributed by atoms with Gasteiger partial charge in [-0.3, -0.25) is 0 Å². The molecule has 18 heavy (non-hydrogen) atoms. The minimum atomic E-state index is -0.330. The van der Waals surface area contributed by atoms with E-state index in [0.717, 1.165) is 12.8 Å². The summed E-state index contributed by atoms with van der Waals surface area (Å²) < 4.78 is 15.9. The predicted molar refractivity (Wildman–Crippen MR) is 67.3 cm³/mol. The number of rotatable bonds is 3. The molecule has 1 aromatic carbocycles. The van der Waals surface area contributed by atoms with Crippen LogP contribution in [0.2, 0.25) is 0 Å². The lowest BCUT2D eigenvalue weighted by Gasteiger charge is -2.08. The van der Waals surface area contributed by atoms with Gasteiger partial charge < -0.3 is 9.67 Å². The molecule has 3 rings (SSSR count). The average molecular weight is 312 g/mol. The minimum absolute atomic E-state index is 0.150. The largest absolute Gasteiger partial charge is 0.388 e. The fraction of sp³-hybridized carbons (Fsp3) is 0.333. The Labute approximate surface area is 112 Å². The van der Waals surface area contributed by atoms with E-state index in [-0.39, 0.29) is 12.4 Å². The van der Waals surface area contributed by atoms with Crippen LogP contribution in [-0.4, -0.2) is 19.9 Å². The number of benzene rings is 1. The van der Waals surface area contributed by atoms with Gasteiger partial charge in [-0.05, 0) is 47.0 Å². The van der Waals surface area contributed by atoms with E-state index >= 15 is 0 Å². The first-order chi connectivity index (χ1) is 8.70. The third-order valence-electron chi connectivity index (χ3n) is 3.00. The van der Waals surface area contributed by atoms with Gasteiger partial charge >= 0.3 is 0 Å². The highest BCUT2D eigenvalue weighted by molar-refractivity contribution is 9.10. The van der Waals surface area contributed by atoms with Crippen LogP contribution in [0.4, 0.5) is 4.39 Å². The molecule has 1 heterocycles. The molecule has 0 unspecified atom stereocenters. The lowest BCUT2D eigenvalue weighted by Crippen LogP contribution is -2.03. The maximum Gasteiger partial charge on any atom is 0.164 e. The second-order valence-corrected chi connectivity index (χ2v) is 5.18. The van der Waals surface area contributed by atoms with Crippen molar-refractivity contribution in [1.82, 2.24) is 14.8 Å². The second kappa shape index (κ2) is 4.44. The van der Waals surface area contributed by atoms with Crippen molar-refractivity contribution < 1.29 is 9.50 Å². The number of aromatic nitrogens is 3. The van der Waals surface area contributed by atoms with Gasteiger partial charge in [-0.15, -0.1) is 10.2 Å². The molecule has 1 saturated carbocycles. The summed E-state index contributed by atoms with van der Waals surface area (Å²) >= 11 is 3.12. The van der Waals surface area contributed by atoms with Gasteiger partial charge in [0.1, 0.15) is 12.4 Å². The molecule has 1 N–H and O–H groups in total. The van der Waals surface area contributed by atoms with E-state index in [1.807, 2.05) is 4.57 Å². The Hall–Kier alpha value is -1.27. The molecule has 1 aliphatic carbocycles. The first kappa shape index (κ1) is 11.8. The minimum Gasteiger partial charge on any atom is -0.388 e. The summed E-state index contributed by atoms with van der Waals surface area (Å²) in [6, 6.07) is 5.20. The Morgan fingerprint density at radius 1 is 1.39 bits per heavy atom. The van der Waals surface area contributed by atoms with E-state index in [0.29, 0.717) is 27.7 Å². The molecule has 0 radical (unpaired) electrons. The molecular formula is C12H11BrFN3O. The number of hydrogen-bond donors (Lipinski definition) is 1. The zero-order chi connectivity index (χ0) is 12.7. The number of hydrogen-bond acceptors (Lipinski definition) is 3. The lowest BCUT2D eigenvalue weighted by molar-refractivity contribution is 0.265. The molecule has 0 saturated heterocycles. The SMILES string of the molecule is OCc1nnc(-c2ccc(Br)c(F)c2)n1C1CC1. The Balaban J connectivity index is 2.10. The molecule has 1 aromatic heterocycles. The summed E-state index contributed by atoms with van der Waals surface area (Å²) in [7, 11) is 0. The van der Waals surface area contributed by atoms with Crippen LogP contribution in [0, 0.1) is 5.82 Å². The first-order valence-corrected chi connectivity index (χ1v) is 6.50. The number of aliphatic hydroxyl groups excluding tert-OH is 1. The topological polar surface area (TPSA) is 50.9 Å². The second-order valence-electron chi connectivity index (χ2n) is 4.33.